The van der Waals surface area contributed by atoms with E-state index in [0.717, 1.165) is 11.5 Å². The molecule has 0 aromatic heterocycles. The zero-order valence-electron chi connectivity index (χ0n) is 14.2. The largest absolute Gasteiger partial charge is 0.444 e. The number of para-hydroxylation sites is 1. The second-order valence-electron chi connectivity index (χ2n) is 5.70. The van der Waals surface area contributed by atoms with E-state index in [2.05, 4.69) is 10.6 Å². The van der Waals surface area contributed by atoms with Crippen LogP contribution in [0.2, 0.25) is 0 Å². The van der Waals surface area contributed by atoms with Gasteiger partial charge in [-0.2, -0.15) is 0 Å². The summed E-state index contributed by atoms with van der Waals surface area (Å²) < 4.78 is 10.2. The summed E-state index contributed by atoms with van der Waals surface area (Å²) in [6, 6.07) is 8.92. The Morgan fingerprint density at radius 1 is 0.958 bits per heavy atom. The van der Waals surface area contributed by atoms with E-state index in [1.807, 2.05) is 26.8 Å². The van der Waals surface area contributed by atoms with Crippen molar-refractivity contribution in [2.75, 3.05) is 24.6 Å². The van der Waals surface area contributed by atoms with Gasteiger partial charge in [-0.05, 0) is 32.9 Å². The molecule has 0 saturated carbocycles. The first-order valence-electron chi connectivity index (χ1n) is 7.59. The van der Waals surface area contributed by atoms with Crippen LogP contribution in [0, 0.1) is 0 Å². The molecule has 1 aromatic rings. The van der Waals surface area contributed by atoms with Crippen LogP contribution in [0.15, 0.2) is 30.3 Å². The highest BCUT2D eigenvalue weighted by molar-refractivity contribution is 8.76. The minimum absolute atomic E-state index is 0.404. The van der Waals surface area contributed by atoms with Crippen LogP contribution in [0.5, 0.6) is 5.75 Å². The molecule has 24 heavy (non-hydrogen) atoms. The first-order chi connectivity index (χ1) is 11.4. The van der Waals surface area contributed by atoms with Gasteiger partial charge in [0.2, 0.25) is 0 Å². The Morgan fingerprint density at radius 2 is 1.50 bits per heavy atom. The fourth-order valence-electron chi connectivity index (χ4n) is 1.45. The molecule has 0 fully saturated rings. The van der Waals surface area contributed by atoms with Gasteiger partial charge in [0.1, 0.15) is 11.4 Å². The lowest BCUT2D eigenvalue weighted by Gasteiger charge is -2.19. The number of carbonyl (C=O) groups is 2. The summed E-state index contributed by atoms with van der Waals surface area (Å²) in [6.07, 6.45) is -0.864. The van der Waals surface area contributed by atoms with Gasteiger partial charge in [-0.1, -0.05) is 39.8 Å². The molecule has 6 nitrogen and oxygen atoms in total. The SMILES string of the molecule is CC(C)(C)OC(=O)NCCSSCCNC(=O)Oc1ccccc1. The van der Waals surface area contributed by atoms with E-state index in [4.69, 9.17) is 9.47 Å². The van der Waals surface area contributed by atoms with Crippen molar-refractivity contribution in [2.24, 2.45) is 0 Å². The fourth-order valence-corrected chi connectivity index (χ4v) is 3.27. The molecule has 0 radical (unpaired) electrons. The van der Waals surface area contributed by atoms with E-state index in [1.54, 1.807) is 45.9 Å². The fraction of sp³-hybridized carbons (Fsp3) is 0.500. The molecular formula is C16H24N2O4S2. The lowest BCUT2D eigenvalue weighted by molar-refractivity contribution is 0.0531. The highest BCUT2D eigenvalue weighted by atomic mass is 33.1. The van der Waals surface area contributed by atoms with Crippen LogP contribution in [0.3, 0.4) is 0 Å². The highest BCUT2D eigenvalue weighted by Gasteiger charge is 2.15. The number of nitrogens with one attached hydrogen (secondary N) is 2. The predicted molar refractivity (Wildman–Crippen MR) is 99.6 cm³/mol. The Balaban J connectivity index is 1.95. The summed E-state index contributed by atoms with van der Waals surface area (Å²) >= 11 is 0. The van der Waals surface area contributed by atoms with Gasteiger partial charge in [0, 0.05) is 24.6 Å². The lowest BCUT2D eigenvalue weighted by atomic mass is 10.2. The number of amides is 2. The average Bonchev–Trinajstić information content (AvgIpc) is 2.49. The summed E-state index contributed by atoms with van der Waals surface area (Å²) in [6.45, 7) is 6.53. The number of carbonyl (C=O) groups excluding carboxylic acids is 2. The van der Waals surface area contributed by atoms with Crippen molar-refractivity contribution in [1.82, 2.24) is 10.6 Å². The zero-order chi connectivity index (χ0) is 17.8. The molecule has 0 unspecified atom stereocenters. The van der Waals surface area contributed by atoms with Crippen molar-refractivity contribution >= 4 is 33.8 Å². The summed E-state index contributed by atoms with van der Waals surface area (Å²) in [4.78, 5) is 22.9. The second-order valence-corrected chi connectivity index (χ2v) is 8.40. The first kappa shape index (κ1) is 20.5. The van der Waals surface area contributed by atoms with E-state index in [1.165, 1.54) is 0 Å². The number of benzene rings is 1. The van der Waals surface area contributed by atoms with Gasteiger partial charge in [0.05, 0.1) is 0 Å². The lowest BCUT2D eigenvalue weighted by Crippen LogP contribution is -2.33. The highest BCUT2D eigenvalue weighted by Crippen LogP contribution is 2.19. The molecule has 0 bridgehead atoms. The summed E-state index contributed by atoms with van der Waals surface area (Å²) in [5.74, 6) is 2.03. The molecule has 0 spiro atoms. The minimum Gasteiger partial charge on any atom is -0.444 e. The van der Waals surface area contributed by atoms with E-state index in [-0.39, 0.29) is 0 Å². The molecule has 0 atom stereocenters. The molecule has 0 heterocycles. The summed E-state index contributed by atoms with van der Waals surface area (Å²) in [7, 11) is 3.24. The van der Waals surface area contributed by atoms with Crippen molar-refractivity contribution in [2.45, 2.75) is 26.4 Å². The first-order valence-corrected chi connectivity index (χ1v) is 10.1. The maximum atomic E-state index is 11.5. The van der Waals surface area contributed by atoms with Crippen LogP contribution in [-0.4, -0.2) is 42.4 Å². The van der Waals surface area contributed by atoms with Gasteiger partial charge < -0.3 is 20.1 Å². The number of hydrogen-bond acceptors (Lipinski definition) is 6. The minimum atomic E-state index is -0.480. The zero-order valence-corrected chi connectivity index (χ0v) is 15.8. The van der Waals surface area contributed by atoms with Crippen LogP contribution in [0.25, 0.3) is 0 Å². The molecule has 0 saturated heterocycles. The van der Waals surface area contributed by atoms with E-state index >= 15 is 0 Å². The Labute approximate surface area is 150 Å². The topological polar surface area (TPSA) is 76.7 Å². The van der Waals surface area contributed by atoms with E-state index in [0.29, 0.717) is 18.8 Å². The Hall–Kier alpha value is -1.54. The van der Waals surface area contributed by atoms with Crippen LogP contribution < -0.4 is 15.4 Å². The van der Waals surface area contributed by atoms with Crippen molar-refractivity contribution in [3.05, 3.63) is 30.3 Å². The van der Waals surface area contributed by atoms with Gasteiger partial charge in [0.15, 0.2) is 0 Å². The predicted octanol–water partition coefficient (Wildman–Crippen LogP) is 3.68. The monoisotopic (exact) mass is 372 g/mol. The van der Waals surface area contributed by atoms with Gasteiger partial charge in [0.25, 0.3) is 0 Å². The smallest absolute Gasteiger partial charge is 0.412 e. The average molecular weight is 373 g/mol. The molecule has 2 N–H and O–H groups in total. The van der Waals surface area contributed by atoms with Crippen LogP contribution in [-0.2, 0) is 4.74 Å². The molecule has 1 aromatic carbocycles. The third-order valence-electron chi connectivity index (χ3n) is 2.35. The summed E-state index contributed by atoms with van der Waals surface area (Å²) in [5.41, 5.74) is -0.480. The molecule has 134 valence electrons. The van der Waals surface area contributed by atoms with Gasteiger partial charge in [-0.25, -0.2) is 9.59 Å². The molecule has 0 aliphatic rings. The number of ether oxygens (including phenoxy) is 2. The van der Waals surface area contributed by atoms with Crippen molar-refractivity contribution in [3.63, 3.8) is 0 Å². The standard InChI is InChI=1S/C16H24N2O4S2/c1-16(2,3)22-15(20)18-10-12-24-23-11-9-17-14(19)21-13-7-5-4-6-8-13/h4-8H,9-12H2,1-3H3,(H,17,19)(H,18,20). The van der Waals surface area contributed by atoms with Crippen LogP contribution in [0.4, 0.5) is 9.59 Å². The normalized spacial score (nSPS) is 10.8. The van der Waals surface area contributed by atoms with Crippen molar-refractivity contribution in [1.29, 1.82) is 0 Å². The Kier molecular flexibility index (Phi) is 9.48. The second kappa shape index (κ2) is 11.1. The molecule has 0 aliphatic carbocycles. The quantitative estimate of drug-likeness (QED) is 0.535. The van der Waals surface area contributed by atoms with E-state index < -0.39 is 17.8 Å². The number of alkyl carbamates (subject to hydrolysis) is 1. The van der Waals surface area contributed by atoms with Crippen LogP contribution >= 0.6 is 21.6 Å². The van der Waals surface area contributed by atoms with Gasteiger partial charge >= 0.3 is 12.2 Å². The maximum Gasteiger partial charge on any atom is 0.412 e. The van der Waals surface area contributed by atoms with Gasteiger partial charge in [-0.15, -0.1) is 0 Å². The number of hydrogen-bond donors (Lipinski definition) is 2. The Morgan fingerprint density at radius 3 is 2.04 bits per heavy atom. The van der Waals surface area contributed by atoms with Crippen molar-refractivity contribution < 1.29 is 19.1 Å². The Bertz CT molecular complexity index is 507. The molecule has 8 heteroatoms. The third kappa shape index (κ3) is 11.1. The molecule has 0 aliphatic heterocycles. The number of rotatable bonds is 8. The summed E-state index contributed by atoms with van der Waals surface area (Å²) in [5, 5.41) is 5.37. The third-order valence-corrected chi connectivity index (χ3v) is 4.75. The maximum absolute atomic E-state index is 11.5. The van der Waals surface area contributed by atoms with E-state index in [9.17, 15) is 9.59 Å². The molecular weight excluding hydrogens is 348 g/mol. The van der Waals surface area contributed by atoms with Crippen LogP contribution in [0.1, 0.15) is 20.8 Å². The van der Waals surface area contributed by atoms with Crippen molar-refractivity contribution in [3.8, 4) is 5.75 Å². The van der Waals surface area contributed by atoms with Gasteiger partial charge in [-0.3, -0.25) is 0 Å². The molecule has 2 amide bonds. The molecule has 1 rings (SSSR count).